The Kier molecular flexibility index (Phi) is 6.13. The molecule has 0 saturated heterocycles. The summed E-state index contributed by atoms with van der Waals surface area (Å²) in [5.41, 5.74) is 2.65. The molecule has 1 aromatic heterocycles. The number of alkyl halides is 3. The number of carbonyl (C=O) groups excluding carboxylic acids is 1. The second-order valence-electron chi connectivity index (χ2n) is 8.55. The van der Waals surface area contributed by atoms with Crippen molar-refractivity contribution in [2.24, 2.45) is 0 Å². The SMILES string of the molecule is Cc1cc(C(=O)Nc2ccc(C3CCCCC3)cc2)c(C)n1-c1ccccc1C(F)(F)F. The molecule has 1 amide bonds. The van der Waals surface area contributed by atoms with Crippen LogP contribution in [-0.4, -0.2) is 10.5 Å². The predicted octanol–water partition coefficient (Wildman–Crippen LogP) is 7.41. The number of amides is 1. The molecule has 0 unspecified atom stereocenters. The number of nitrogens with zero attached hydrogens (tertiary/aromatic N) is 1. The lowest BCUT2D eigenvalue weighted by Crippen LogP contribution is -2.15. The Bertz CT molecular complexity index is 1110. The first-order valence-corrected chi connectivity index (χ1v) is 11.0. The van der Waals surface area contributed by atoms with E-state index in [1.165, 1.54) is 54.4 Å². The van der Waals surface area contributed by atoms with E-state index >= 15 is 0 Å². The van der Waals surface area contributed by atoms with Crippen LogP contribution in [0.1, 0.15) is 70.9 Å². The average molecular weight is 441 g/mol. The molecule has 6 heteroatoms. The van der Waals surface area contributed by atoms with Gasteiger partial charge < -0.3 is 9.88 Å². The van der Waals surface area contributed by atoms with Crippen molar-refractivity contribution in [1.82, 2.24) is 4.57 Å². The Morgan fingerprint density at radius 3 is 2.28 bits per heavy atom. The number of hydrogen-bond acceptors (Lipinski definition) is 1. The van der Waals surface area contributed by atoms with Crippen LogP contribution in [0.15, 0.2) is 54.6 Å². The summed E-state index contributed by atoms with van der Waals surface area (Å²) in [4.78, 5) is 13.0. The molecule has 2 aromatic carbocycles. The van der Waals surface area contributed by atoms with Gasteiger partial charge in [-0.25, -0.2) is 0 Å². The topological polar surface area (TPSA) is 34.0 Å². The highest BCUT2D eigenvalue weighted by atomic mass is 19.4. The molecule has 168 valence electrons. The van der Waals surface area contributed by atoms with E-state index in [9.17, 15) is 18.0 Å². The third kappa shape index (κ3) is 4.45. The molecule has 0 aliphatic heterocycles. The fourth-order valence-corrected chi connectivity index (χ4v) is 4.74. The Balaban J connectivity index is 1.57. The van der Waals surface area contributed by atoms with Crippen LogP contribution in [0.3, 0.4) is 0 Å². The Hall–Kier alpha value is -3.02. The number of carbonyl (C=O) groups is 1. The second-order valence-corrected chi connectivity index (χ2v) is 8.55. The van der Waals surface area contributed by atoms with Crippen LogP contribution in [0.25, 0.3) is 5.69 Å². The highest BCUT2D eigenvalue weighted by Gasteiger charge is 2.34. The molecule has 1 fully saturated rings. The van der Waals surface area contributed by atoms with Gasteiger partial charge >= 0.3 is 6.18 Å². The minimum absolute atomic E-state index is 0.0193. The number of halogens is 3. The lowest BCUT2D eigenvalue weighted by Gasteiger charge is -2.22. The highest BCUT2D eigenvalue weighted by Crippen LogP contribution is 2.36. The lowest BCUT2D eigenvalue weighted by molar-refractivity contribution is -0.137. The second kappa shape index (κ2) is 8.85. The molecule has 1 heterocycles. The highest BCUT2D eigenvalue weighted by molar-refractivity contribution is 6.05. The summed E-state index contributed by atoms with van der Waals surface area (Å²) in [5, 5.41) is 2.89. The summed E-state index contributed by atoms with van der Waals surface area (Å²) in [7, 11) is 0. The smallest absolute Gasteiger partial charge is 0.322 e. The largest absolute Gasteiger partial charge is 0.418 e. The number of para-hydroxylation sites is 1. The number of anilines is 1. The van der Waals surface area contributed by atoms with Crippen molar-refractivity contribution in [3.05, 3.63) is 82.7 Å². The Morgan fingerprint density at radius 1 is 0.969 bits per heavy atom. The normalized spacial score (nSPS) is 15.0. The van der Waals surface area contributed by atoms with Gasteiger partial charge in [-0.05, 0) is 68.5 Å². The van der Waals surface area contributed by atoms with Crippen molar-refractivity contribution in [3.8, 4) is 5.69 Å². The zero-order chi connectivity index (χ0) is 22.9. The van der Waals surface area contributed by atoms with Crippen LogP contribution < -0.4 is 5.32 Å². The molecule has 32 heavy (non-hydrogen) atoms. The molecule has 0 spiro atoms. The molecule has 0 atom stereocenters. The van der Waals surface area contributed by atoms with Gasteiger partial charge in [0.1, 0.15) is 0 Å². The van der Waals surface area contributed by atoms with E-state index in [4.69, 9.17) is 0 Å². The fourth-order valence-electron chi connectivity index (χ4n) is 4.74. The molecular weight excluding hydrogens is 413 g/mol. The number of benzene rings is 2. The summed E-state index contributed by atoms with van der Waals surface area (Å²) < 4.78 is 42.1. The van der Waals surface area contributed by atoms with E-state index in [1.54, 1.807) is 26.0 Å². The predicted molar refractivity (Wildman–Crippen MR) is 120 cm³/mol. The van der Waals surface area contributed by atoms with E-state index in [0.717, 1.165) is 6.07 Å². The van der Waals surface area contributed by atoms with Crippen LogP contribution in [-0.2, 0) is 6.18 Å². The van der Waals surface area contributed by atoms with Crippen molar-refractivity contribution < 1.29 is 18.0 Å². The van der Waals surface area contributed by atoms with Gasteiger partial charge in [-0.3, -0.25) is 4.79 Å². The summed E-state index contributed by atoms with van der Waals surface area (Å²) in [6.45, 7) is 3.37. The maximum atomic E-state index is 13.5. The van der Waals surface area contributed by atoms with E-state index in [0.29, 0.717) is 28.6 Å². The zero-order valence-electron chi connectivity index (χ0n) is 18.3. The molecule has 1 aliphatic carbocycles. The van der Waals surface area contributed by atoms with Crippen LogP contribution >= 0.6 is 0 Å². The monoisotopic (exact) mass is 440 g/mol. The first kappa shape index (κ1) is 22.2. The quantitative estimate of drug-likeness (QED) is 0.450. The van der Waals surface area contributed by atoms with Crippen LogP contribution in [0, 0.1) is 13.8 Å². The van der Waals surface area contributed by atoms with Crippen LogP contribution in [0.5, 0.6) is 0 Å². The van der Waals surface area contributed by atoms with Crippen molar-refractivity contribution >= 4 is 11.6 Å². The molecular formula is C26H27F3N2O. The van der Waals surface area contributed by atoms with Gasteiger partial charge in [0, 0.05) is 17.1 Å². The van der Waals surface area contributed by atoms with Crippen molar-refractivity contribution in [2.45, 2.75) is 58.0 Å². The maximum absolute atomic E-state index is 13.5. The third-order valence-corrected chi connectivity index (χ3v) is 6.37. The van der Waals surface area contributed by atoms with Crippen LogP contribution in [0.4, 0.5) is 18.9 Å². The van der Waals surface area contributed by atoms with E-state index < -0.39 is 11.7 Å². The molecule has 1 aliphatic rings. The van der Waals surface area contributed by atoms with Gasteiger partial charge in [0.05, 0.1) is 16.8 Å². The van der Waals surface area contributed by atoms with E-state index in [1.807, 2.05) is 12.1 Å². The van der Waals surface area contributed by atoms with Crippen LogP contribution in [0.2, 0.25) is 0 Å². The summed E-state index contributed by atoms with van der Waals surface area (Å²) >= 11 is 0. The zero-order valence-corrected chi connectivity index (χ0v) is 18.3. The van der Waals surface area contributed by atoms with Crippen molar-refractivity contribution in [1.29, 1.82) is 0 Å². The number of rotatable bonds is 4. The number of hydrogen-bond donors (Lipinski definition) is 1. The molecule has 0 radical (unpaired) electrons. The lowest BCUT2D eigenvalue weighted by atomic mass is 9.84. The molecule has 1 saturated carbocycles. The van der Waals surface area contributed by atoms with Gasteiger partial charge in [-0.15, -0.1) is 0 Å². The van der Waals surface area contributed by atoms with E-state index in [2.05, 4.69) is 17.4 Å². The van der Waals surface area contributed by atoms with Gasteiger partial charge in [0.15, 0.2) is 0 Å². The average Bonchev–Trinajstić information content (AvgIpc) is 3.08. The van der Waals surface area contributed by atoms with Gasteiger partial charge in [0.2, 0.25) is 0 Å². The summed E-state index contributed by atoms with van der Waals surface area (Å²) in [5.74, 6) is 0.250. The van der Waals surface area contributed by atoms with Crippen molar-refractivity contribution in [3.63, 3.8) is 0 Å². The minimum Gasteiger partial charge on any atom is -0.322 e. The summed E-state index contributed by atoms with van der Waals surface area (Å²) in [6, 6.07) is 15.0. The minimum atomic E-state index is -4.48. The first-order chi connectivity index (χ1) is 15.3. The number of nitrogens with one attached hydrogen (secondary N) is 1. The number of aryl methyl sites for hydroxylation is 1. The van der Waals surface area contributed by atoms with Gasteiger partial charge in [-0.2, -0.15) is 13.2 Å². The van der Waals surface area contributed by atoms with E-state index in [-0.39, 0.29) is 11.6 Å². The molecule has 3 nitrogen and oxygen atoms in total. The summed E-state index contributed by atoms with van der Waals surface area (Å²) in [6.07, 6.45) is 1.75. The molecule has 4 rings (SSSR count). The third-order valence-electron chi connectivity index (χ3n) is 6.37. The maximum Gasteiger partial charge on any atom is 0.418 e. The Labute approximate surface area is 186 Å². The first-order valence-electron chi connectivity index (χ1n) is 11.0. The molecule has 0 bridgehead atoms. The van der Waals surface area contributed by atoms with Crippen molar-refractivity contribution in [2.75, 3.05) is 5.32 Å². The fraction of sp³-hybridized carbons (Fsp3) is 0.346. The molecule has 1 N–H and O–H groups in total. The molecule has 3 aromatic rings. The van der Waals surface area contributed by atoms with Gasteiger partial charge in [0.25, 0.3) is 5.91 Å². The Morgan fingerprint density at radius 2 is 1.62 bits per heavy atom. The van der Waals surface area contributed by atoms with Gasteiger partial charge in [-0.1, -0.05) is 43.5 Å². The standard InChI is InChI=1S/C26H27F3N2O/c1-17-16-22(18(2)31(17)24-11-7-6-10-23(24)26(27,28)29)25(32)30-21-14-12-20(13-15-21)19-8-4-3-5-9-19/h6-7,10-16,19H,3-5,8-9H2,1-2H3,(H,30,32). The number of aromatic nitrogens is 1.